The summed E-state index contributed by atoms with van der Waals surface area (Å²) in [5.74, 6) is 0.798. The molecule has 0 spiro atoms. The molecule has 1 aliphatic heterocycles. The van der Waals surface area contributed by atoms with Gasteiger partial charge in [-0.15, -0.1) is 24.0 Å². The number of piperazine rings is 1. The van der Waals surface area contributed by atoms with Crippen molar-refractivity contribution < 1.29 is 13.2 Å². The van der Waals surface area contributed by atoms with Gasteiger partial charge in [-0.1, -0.05) is 12.2 Å². The van der Waals surface area contributed by atoms with E-state index in [0.29, 0.717) is 32.7 Å². The Morgan fingerprint density at radius 2 is 1.87 bits per heavy atom. The van der Waals surface area contributed by atoms with Gasteiger partial charge in [-0.3, -0.25) is 9.89 Å². The lowest BCUT2D eigenvalue weighted by molar-refractivity contribution is -0.181. The second kappa shape index (κ2) is 11.1. The molecule has 1 N–H and O–H groups in total. The highest BCUT2D eigenvalue weighted by atomic mass is 127. The lowest BCUT2D eigenvalue weighted by Crippen LogP contribution is -2.56. The van der Waals surface area contributed by atoms with Crippen molar-refractivity contribution in [1.29, 1.82) is 0 Å². The second-order valence-electron chi connectivity index (χ2n) is 5.33. The van der Waals surface area contributed by atoms with Gasteiger partial charge in [-0.2, -0.15) is 13.2 Å². The molecular formula is C15H28F3IN4. The molecule has 0 bridgehead atoms. The number of guanidine groups is 1. The van der Waals surface area contributed by atoms with Crippen LogP contribution in [0.5, 0.6) is 0 Å². The molecule has 0 aromatic rings. The molecule has 0 radical (unpaired) electrons. The third-order valence-corrected chi connectivity index (χ3v) is 3.76. The molecule has 0 aliphatic carbocycles. The molecule has 0 aromatic carbocycles. The fraction of sp³-hybridized carbons (Fsp3) is 0.800. The summed E-state index contributed by atoms with van der Waals surface area (Å²) in [5, 5.41) is 3.21. The molecular weight excluding hydrogens is 420 g/mol. The molecule has 8 heteroatoms. The highest BCUT2D eigenvalue weighted by Gasteiger charge is 2.40. The summed E-state index contributed by atoms with van der Waals surface area (Å²) < 4.78 is 38.3. The monoisotopic (exact) mass is 448 g/mol. The number of nitrogens with zero attached hydrogens (tertiary/aromatic N) is 3. The highest BCUT2D eigenvalue weighted by Crippen LogP contribution is 2.25. The van der Waals surface area contributed by atoms with Crippen molar-refractivity contribution in [3.05, 3.63) is 12.2 Å². The molecule has 4 nitrogen and oxygen atoms in total. The zero-order valence-corrected chi connectivity index (χ0v) is 16.4. The van der Waals surface area contributed by atoms with Crippen LogP contribution in [0, 0.1) is 0 Å². The van der Waals surface area contributed by atoms with Crippen molar-refractivity contribution in [2.24, 2.45) is 4.99 Å². The minimum absolute atomic E-state index is 0. The summed E-state index contributed by atoms with van der Waals surface area (Å²) in [4.78, 5) is 8.06. The van der Waals surface area contributed by atoms with E-state index in [-0.39, 0.29) is 24.0 Å². The van der Waals surface area contributed by atoms with Crippen LogP contribution in [0.25, 0.3) is 0 Å². The van der Waals surface area contributed by atoms with Gasteiger partial charge >= 0.3 is 6.18 Å². The quantitative estimate of drug-likeness (QED) is 0.231. The van der Waals surface area contributed by atoms with E-state index < -0.39 is 12.2 Å². The number of hydrogen-bond acceptors (Lipinski definition) is 2. The van der Waals surface area contributed by atoms with Crippen LogP contribution in [0.2, 0.25) is 0 Å². The molecule has 1 fully saturated rings. The van der Waals surface area contributed by atoms with Crippen molar-refractivity contribution in [2.75, 3.05) is 39.3 Å². The van der Waals surface area contributed by atoms with Gasteiger partial charge in [0, 0.05) is 39.3 Å². The van der Waals surface area contributed by atoms with Gasteiger partial charge < -0.3 is 10.2 Å². The lowest BCUT2D eigenvalue weighted by Gasteiger charge is -2.39. The van der Waals surface area contributed by atoms with Crippen molar-refractivity contribution in [3.8, 4) is 0 Å². The number of aliphatic imine (C=N–C) groups is 1. The zero-order chi connectivity index (χ0) is 16.6. The molecule has 23 heavy (non-hydrogen) atoms. The average Bonchev–Trinajstić information content (AvgIpc) is 2.49. The minimum Gasteiger partial charge on any atom is -0.357 e. The maximum atomic E-state index is 12.8. The van der Waals surface area contributed by atoms with Crippen LogP contribution in [0.3, 0.4) is 0 Å². The number of allylic oxidation sites excluding steroid dienone is 1. The van der Waals surface area contributed by atoms with E-state index in [2.05, 4.69) is 16.4 Å². The molecule has 1 unspecified atom stereocenters. The number of hydrogen-bond donors (Lipinski definition) is 1. The average molecular weight is 448 g/mol. The predicted octanol–water partition coefficient (Wildman–Crippen LogP) is 3.10. The Balaban J connectivity index is 0.00000484. The number of nitrogens with one attached hydrogen (secondary N) is 1. The van der Waals surface area contributed by atoms with E-state index in [4.69, 9.17) is 0 Å². The summed E-state index contributed by atoms with van der Waals surface area (Å²) in [6.07, 6.45) is 0.749. The van der Waals surface area contributed by atoms with Crippen molar-refractivity contribution >= 4 is 29.9 Å². The van der Waals surface area contributed by atoms with Gasteiger partial charge in [0.1, 0.15) is 6.04 Å². The van der Waals surface area contributed by atoms with Crippen molar-refractivity contribution in [3.63, 3.8) is 0 Å². The molecule has 1 rings (SSSR count). The van der Waals surface area contributed by atoms with Crippen LogP contribution in [-0.4, -0.2) is 67.2 Å². The van der Waals surface area contributed by atoms with Crippen LogP contribution in [-0.2, 0) is 0 Å². The molecule has 1 saturated heterocycles. The number of alkyl halides is 3. The van der Waals surface area contributed by atoms with Crippen LogP contribution < -0.4 is 5.32 Å². The summed E-state index contributed by atoms with van der Waals surface area (Å²) in [6, 6.07) is -1.39. The summed E-state index contributed by atoms with van der Waals surface area (Å²) >= 11 is 0. The third kappa shape index (κ3) is 7.73. The first-order valence-corrected chi connectivity index (χ1v) is 7.85. The third-order valence-electron chi connectivity index (χ3n) is 3.76. The van der Waals surface area contributed by atoms with Crippen molar-refractivity contribution in [2.45, 2.75) is 39.4 Å². The summed E-state index contributed by atoms with van der Waals surface area (Å²) in [7, 11) is 0. The molecule has 0 amide bonds. The van der Waals surface area contributed by atoms with Crippen molar-refractivity contribution in [1.82, 2.24) is 15.1 Å². The van der Waals surface area contributed by atoms with Crippen LogP contribution in [0.15, 0.2) is 17.1 Å². The first-order chi connectivity index (χ1) is 10.4. The summed E-state index contributed by atoms with van der Waals surface area (Å²) in [6.45, 7) is 8.56. The Morgan fingerprint density at radius 1 is 1.26 bits per heavy atom. The fourth-order valence-electron chi connectivity index (χ4n) is 2.37. The maximum absolute atomic E-state index is 12.8. The van der Waals surface area contributed by atoms with Gasteiger partial charge in [-0.05, 0) is 27.2 Å². The first kappa shape index (κ1) is 22.5. The van der Waals surface area contributed by atoms with Gasteiger partial charge in [0.05, 0.1) is 0 Å². The van der Waals surface area contributed by atoms with Gasteiger partial charge in [0.25, 0.3) is 0 Å². The van der Waals surface area contributed by atoms with Gasteiger partial charge in [-0.25, -0.2) is 0 Å². The Morgan fingerprint density at radius 3 is 2.35 bits per heavy atom. The standard InChI is InChI=1S/C15H27F3N4.HI/c1-4-6-7-8-20-14(19-5-2)22-11-9-21(10-12-22)13(3)15(16,17)18;/h4,6,13H,5,7-12H2,1-3H3,(H,19,20);1H/b6-4+;. The van der Waals surface area contributed by atoms with Crippen LogP contribution in [0.1, 0.15) is 27.2 Å². The lowest BCUT2D eigenvalue weighted by atomic mass is 10.2. The van der Waals surface area contributed by atoms with Gasteiger partial charge in [0.2, 0.25) is 0 Å². The SMILES string of the molecule is C/C=C/CCN=C(NCC)N1CCN(C(C)C(F)(F)F)CC1.I. The van der Waals surface area contributed by atoms with E-state index in [1.54, 1.807) is 0 Å². The molecule has 1 atom stereocenters. The maximum Gasteiger partial charge on any atom is 0.403 e. The smallest absolute Gasteiger partial charge is 0.357 e. The Hall–Kier alpha value is -0.510. The Labute approximate surface area is 154 Å². The molecule has 0 saturated carbocycles. The number of rotatable bonds is 5. The Kier molecular flexibility index (Phi) is 10.9. The van der Waals surface area contributed by atoms with Crippen LogP contribution >= 0.6 is 24.0 Å². The van der Waals surface area contributed by atoms with E-state index >= 15 is 0 Å². The predicted molar refractivity (Wildman–Crippen MR) is 99.5 cm³/mol. The fourth-order valence-corrected chi connectivity index (χ4v) is 2.37. The molecule has 0 aromatic heterocycles. The highest BCUT2D eigenvalue weighted by molar-refractivity contribution is 14.0. The summed E-state index contributed by atoms with van der Waals surface area (Å²) in [5.41, 5.74) is 0. The van der Waals surface area contributed by atoms with E-state index in [1.165, 1.54) is 11.8 Å². The largest absolute Gasteiger partial charge is 0.403 e. The van der Waals surface area contributed by atoms with Crippen LogP contribution in [0.4, 0.5) is 13.2 Å². The minimum atomic E-state index is -4.16. The van der Waals surface area contributed by atoms with E-state index in [9.17, 15) is 13.2 Å². The van der Waals surface area contributed by atoms with E-state index in [0.717, 1.165) is 18.9 Å². The van der Waals surface area contributed by atoms with Gasteiger partial charge in [0.15, 0.2) is 5.96 Å². The normalized spacial score (nSPS) is 18.9. The number of halogens is 4. The Bertz CT molecular complexity index is 377. The van der Waals surface area contributed by atoms with E-state index in [1.807, 2.05) is 24.8 Å². The zero-order valence-electron chi connectivity index (χ0n) is 14.1. The first-order valence-electron chi connectivity index (χ1n) is 7.85. The second-order valence-corrected chi connectivity index (χ2v) is 5.33. The topological polar surface area (TPSA) is 30.9 Å². The molecule has 136 valence electrons. The molecule has 1 aliphatic rings. The molecule has 1 heterocycles.